The van der Waals surface area contributed by atoms with Crippen molar-refractivity contribution in [2.45, 2.75) is 6.42 Å². The van der Waals surface area contributed by atoms with Crippen molar-refractivity contribution < 1.29 is 24.2 Å². The van der Waals surface area contributed by atoms with Gasteiger partial charge >= 0.3 is 5.97 Å². The Balaban J connectivity index is 2.07. The van der Waals surface area contributed by atoms with Gasteiger partial charge in [0.1, 0.15) is 11.5 Å². The fourth-order valence-electron chi connectivity index (χ4n) is 3.96. The Bertz CT molecular complexity index is 1320. The zero-order chi connectivity index (χ0) is 22.8. The zero-order valence-corrected chi connectivity index (χ0v) is 17.5. The molecule has 0 radical (unpaired) electrons. The lowest BCUT2D eigenvalue weighted by molar-refractivity contribution is -0.117. The predicted octanol–water partition coefficient (Wildman–Crippen LogP) is 3.64. The number of aromatic amines is 1. The number of rotatable bonds is 7. The Morgan fingerprint density at radius 1 is 0.938 bits per heavy atom. The van der Waals surface area contributed by atoms with Crippen molar-refractivity contribution in [3.05, 3.63) is 65.9 Å². The maximum atomic E-state index is 12.1. The minimum atomic E-state index is -1.18. The van der Waals surface area contributed by atoms with Gasteiger partial charge in [0, 0.05) is 5.56 Å². The number of hydrogen-bond acceptors (Lipinski definition) is 5. The van der Waals surface area contributed by atoms with Crippen LogP contribution in [0.5, 0.6) is 11.5 Å². The molecule has 0 aliphatic heterocycles. The number of carbonyl (C=O) groups excluding carboxylic acids is 1. The van der Waals surface area contributed by atoms with Gasteiger partial charge in [-0.3, -0.25) is 9.89 Å². The van der Waals surface area contributed by atoms with Crippen LogP contribution >= 0.6 is 0 Å². The predicted molar refractivity (Wildman–Crippen MR) is 120 cm³/mol. The second-order valence-corrected chi connectivity index (χ2v) is 7.13. The average Bonchev–Trinajstić information content (AvgIpc) is 3.23. The molecule has 162 valence electrons. The molecule has 0 fully saturated rings. The Morgan fingerprint density at radius 2 is 1.59 bits per heavy atom. The van der Waals surface area contributed by atoms with Crippen LogP contribution in [0, 0.1) is 0 Å². The Kier molecular flexibility index (Phi) is 5.51. The summed E-state index contributed by atoms with van der Waals surface area (Å²) in [4.78, 5) is 23.6. The molecule has 0 unspecified atom stereocenters. The van der Waals surface area contributed by atoms with E-state index in [1.807, 2.05) is 24.3 Å². The van der Waals surface area contributed by atoms with Crippen LogP contribution in [0.25, 0.3) is 33.2 Å². The first-order chi connectivity index (χ1) is 15.5. The van der Waals surface area contributed by atoms with Crippen molar-refractivity contribution in [1.82, 2.24) is 10.2 Å². The molecule has 1 heterocycles. The molecule has 0 aliphatic rings. The first kappa shape index (κ1) is 20.9. The lowest BCUT2D eigenvalue weighted by Crippen LogP contribution is -2.13. The SMILES string of the molecule is COc1cccc(OC)c1-c1[nH]nc(C(=O)O)c1-c1ccc(CC(N)=O)c2ccccc12. The molecule has 0 spiro atoms. The number of amides is 1. The molecule has 4 N–H and O–H groups in total. The number of carbonyl (C=O) groups is 2. The number of nitrogens with one attached hydrogen (secondary N) is 1. The fourth-order valence-corrected chi connectivity index (χ4v) is 3.96. The second kappa shape index (κ2) is 8.43. The molecule has 8 heteroatoms. The summed E-state index contributed by atoms with van der Waals surface area (Å²) in [5.41, 5.74) is 8.07. The molecular formula is C24H21N3O5. The van der Waals surface area contributed by atoms with Gasteiger partial charge in [-0.15, -0.1) is 0 Å². The number of methoxy groups -OCH3 is 2. The highest BCUT2D eigenvalue weighted by molar-refractivity contribution is 6.08. The van der Waals surface area contributed by atoms with Crippen molar-refractivity contribution >= 4 is 22.6 Å². The van der Waals surface area contributed by atoms with Gasteiger partial charge in [-0.1, -0.05) is 42.5 Å². The summed E-state index contributed by atoms with van der Waals surface area (Å²) in [5.74, 6) is -0.625. The number of nitrogens with zero attached hydrogens (tertiary/aromatic N) is 1. The first-order valence-electron chi connectivity index (χ1n) is 9.78. The quantitative estimate of drug-likeness (QED) is 0.410. The van der Waals surface area contributed by atoms with E-state index < -0.39 is 11.9 Å². The molecule has 1 aromatic heterocycles. The second-order valence-electron chi connectivity index (χ2n) is 7.13. The lowest BCUT2D eigenvalue weighted by Gasteiger charge is -2.15. The molecule has 1 amide bonds. The number of benzene rings is 3. The van der Waals surface area contributed by atoms with E-state index in [2.05, 4.69) is 10.2 Å². The highest BCUT2D eigenvalue weighted by Gasteiger charge is 2.27. The number of fused-ring (bicyclic) bond motifs is 1. The maximum Gasteiger partial charge on any atom is 0.357 e. The minimum absolute atomic E-state index is 0.0746. The van der Waals surface area contributed by atoms with Crippen LogP contribution in [0.1, 0.15) is 16.1 Å². The van der Waals surface area contributed by atoms with Crippen molar-refractivity contribution in [3.8, 4) is 33.9 Å². The molecule has 4 rings (SSSR count). The van der Waals surface area contributed by atoms with Crippen LogP contribution in [-0.4, -0.2) is 41.4 Å². The molecule has 0 aliphatic carbocycles. The lowest BCUT2D eigenvalue weighted by atomic mass is 9.91. The summed E-state index contributed by atoms with van der Waals surface area (Å²) in [7, 11) is 3.06. The van der Waals surface area contributed by atoms with E-state index in [0.717, 1.165) is 16.3 Å². The summed E-state index contributed by atoms with van der Waals surface area (Å²) < 4.78 is 11.1. The Morgan fingerprint density at radius 3 is 2.19 bits per heavy atom. The number of carboxylic acid groups (broad SMARTS) is 1. The van der Waals surface area contributed by atoms with E-state index >= 15 is 0 Å². The number of hydrogen-bond donors (Lipinski definition) is 3. The molecule has 0 saturated heterocycles. The summed E-state index contributed by atoms with van der Waals surface area (Å²) >= 11 is 0. The van der Waals surface area contributed by atoms with Gasteiger partial charge in [0.25, 0.3) is 0 Å². The summed E-state index contributed by atoms with van der Waals surface area (Å²) in [6.07, 6.45) is 0.0746. The van der Waals surface area contributed by atoms with Crippen LogP contribution in [0.4, 0.5) is 0 Å². The molecule has 4 aromatic rings. The standard InChI is InChI=1S/C24H21N3O5/c1-31-17-8-5-9-18(32-2)21(17)22-20(23(24(29)30)27-26-22)16-11-10-13(12-19(25)28)14-6-3-4-7-15(14)16/h3-11H,12H2,1-2H3,(H2,25,28)(H,26,27)(H,29,30). The van der Waals surface area contributed by atoms with Crippen molar-refractivity contribution in [2.75, 3.05) is 14.2 Å². The molecule has 8 nitrogen and oxygen atoms in total. The van der Waals surface area contributed by atoms with Crippen molar-refractivity contribution in [3.63, 3.8) is 0 Å². The molecular weight excluding hydrogens is 410 g/mol. The van der Waals surface area contributed by atoms with Crippen LogP contribution in [0.3, 0.4) is 0 Å². The van der Waals surface area contributed by atoms with Crippen LogP contribution in [-0.2, 0) is 11.2 Å². The molecule has 32 heavy (non-hydrogen) atoms. The fraction of sp³-hybridized carbons (Fsp3) is 0.125. The van der Waals surface area contributed by atoms with Gasteiger partial charge in [-0.25, -0.2) is 4.79 Å². The number of aromatic nitrogens is 2. The Hall–Kier alpha value is -4.33. The third-order valence-corrected chi connectivity index (χ3v) is 5.30. The van der Waals surface area contributed by atoms with Crippen LogP contribution < -0.4 is 15.2 Å². The summed E-state index contributed by atoms with van der Waals surface area (Å²) in [5, 5.41) is 18.4. The van der Waals surface area contributed by atoms with E-state index in [1.165, 1.54) is 14.2 Å². The summed E-state index contributed by atoms with van der Waals surface area (Å²) in [6.45, 7) is 0. The van der Waals surface area contributed by atoms with E-state index in [-0.39, 0.29) is 12.1 Å². The van der Waals surface area contributed by atoms with E-state index in [4.69, 9.17) is 15.2 Å². The van der Waals surface area contributed by atoms with E-state index in [9.17, 15) is 14.7 Å². The third kappa shape index (κ3) is 3.51. The van der Waals surface area contributed by atoms with Gasteiger partial charge in [-0.05, 0) is 34.0 Å². The van der Waals surface area contributed by atoms with Gasteiger partial charge in [0.15, 0.2) is 5.69 Å². The third-order valence-electron chi connectivity index (χ3n) is 5.30. The molecule has 0 saturated carbocycles. The number of H-pyrrole nitrogens is 1. The highest BCUT2D eigenvalue weighted by atomic mass is 16.5. The van der Waals surface area contributed by atoms with E-state index in [1.54, 1.807) is 30.3 Å². The molecule has 0 bridgehead atoms. The van der Waals surface area contributed by atoms with Crippen LogP contribution in [0.15, 0.2) is 54.6 Å². The van der Waals surface area contributed by atoms with Gasteiger partial charge in [0.2, 0.25) is 5.91 Å². The highest BCUT2D eigenvalue weighted by Crippen LogP contribution is 2.44. The smallest absolute Gasteiger partial charge is 0.357 e. The van der Waals surface area contributed by atoms with Gasteiger partial charge in [-0.2, -0.15) is 5.10 Å². The summed E-state index contributed by atoms with van der Waals surface area (Å²) in [6, 6.07) is 16.3. The topological polar surface area (TPSA) is 128 Å². The first-order valence-corrected chi connectivity index (χ1v) is 9.78. The van der Waals surface area contributed by atoms with Crippen molar-refractivity contribution in [1.29, 1.82) is 0 Å². The molecule has 0 atom stereocenters. The molecule has 3 aromatic carbocycles. The number of aromatic carboxylic acids is 1. The average molecular weight is 431 g/mol. The van der Waals surface area contributed by atoms with Gasteiger partial charge < -0.3 is 20.3 Å². The minimum Gasteiger partial charge on any atom is -0.496 e. The number of carboxylic acids is 1. The maximum absolute atomic E-state index is 12.1. The monoisotopic (exact) mass is 431 g/mol. The van der Waals surface area contributed by atoms with Crippen molar-refractivity contribution in [2.24, 2.45) is 5.73 Å². The van der Waals surface area contributed by atoms with Crippen LogP contribution in [0.2, 0.25) is 0 Å². The number of nitrogens with two attached hydrogens (primary N) is 1. The Labute approximate surface area is 183 Å². The van der Waals surface area contributed by atoms with E-state index in [0.29, 0.717) is 33.9 Å². The largest absolute Gasteiger partial charge is 0.496 e. The number of primary amides is 1. The number of ether oxygens (including phenoxy) is 2. The zero-order valence-electron chi connectivity index (χ0n) is 17.5. The normalized spacial score (nSPS) is 10.8. The van der Waals surface area contributed by atoms with Gasteiger partial charge in [0.05, 0.1) is 31.9 Å².